The summed E-state index contributed by atoms with van der Waals surface area (Å²) in [5.41, 5.74) is 2.29. The van der Waals surface area contributed by atoms with Gasteiger partial charge >= 0.3 is 0 Å². The van der Waals surface area contributed by atoms with Crippen LogP contribution in [0.2, 0.25) is 0 Å². The molecule has 3 aromatic carbocycles. The van der Waals surface area contributed by atoms with Crippen molar-refractivity contribution in [3.63, 3.8) is 0 Å². The minimum absolute atomic E-state index is 0.217. The Balaban J connectivity index is 1.78. The maximum atomic E-state index is 12.9. The van der Waals surface area contributed by atoms with Gasteiger partial charge in [-0.15, -0.1) is 0 Å². The van der Waals surface area contributed by atoms with E-state index in [4.69, 9.17) is 47.0 Å². The molecule has 0 unspecified atom stereocenters. The number of carbonyl (C=O) groups is 1. The number of hydrogen-bond donors (Lipinski definition) is 3. The summed E-state index contributed by atoms with van der Waals surface area (Å²) < 4.78 is -1.84. The SMILES string of the molecule is Cc1ccccc1NC(=S)N[C@H](NC(=O)c1cccc2ccccc12)C(Cl)(Cl)Cl. The Kier molecular flexibility index (Phi) is 6.85. The number of benzene rings is 3. The lowest BCUT2D eigenvalue weighted by Crippen LogP contribution is -2.56. The standard InChI is InChI=1S/C21H18Cl3N3OS/c1-13-7-2-5-12-17(13)25-20(29)27-19(21(22,23)24)26-18(28)16-11-6-9-14-8-3-4-10-15(14)16/h2-12,19H,1H3,(H,26,28)(H2,25,27,29)/t19-/m0/s1. The highest BCUT2D eigenvalue weighted by Gasteiger charge is 2.35. The molecule has 0 saturated carbocycles. The molecular formula is C21H18Cl3N3OS. The second-order valence-corrected chi connectivity index (χ2v) is 9.17. The third-order valence-corrected chi connectivity index (χ3v) is 5.18. The zero-order valence-corrected chi connectivity index (χ0v) is 18.5. The molecule has 0 aromatic heterocycles. The number of amides is 1. The molecule has 1 atom stereocenters. The molecule has 29 heavy (non-hydrogen) atoms. The van der Waals surface area contributed by atoms with Gasteiger partial charge in [-0.05, 0) is 47.6 Å². The molecule has 0 radical (unpaired) electrons. The van der Waals surface area contributed by atoms with Crippen LogP contribution in [0.3, 0.4) is 0 Å². The van der Waals surface area contributed by atoms with Gasteiger partial charge in [-0.2, -0.15) is 0 Å². The molecule has 0 fully saturated rings. The van der Waals surface area contributed by atoms with Crippen molar-refractivity contribution in [3.05, 3.63) is 77.9 Å². The van der Waals surface area contributed by atoms with Crippen molar-refractivity contribution in [1.82, 2.24) is 10.6 Å². The summed E-state index contributed by atoms with van der Waals surface area (Å²) in [4.78, 5) is 12.9. The number of fused-ring (bicyclic) bond motifs is 1. The highest BCUT2D eigenvalue weighted by molar-refractivity contribution is 7.80. The maximum Gasteiger partial charge on any atom is 0.253 e. The van der Waals surface area contributed by atoms with E-state index in [0.29, 0.717) is 5.56 Å². The fraction of sp³-hybridized carbons (Fsp3) is 0.143. The predicted molar refractivity (Wildman–Crippen MR) is 126 cm³/mol. The van der Waals surface area contributed by atoms with E-state index < -0.39 is 9.96 Å². The van der Waals surface area contributed by atoms with Crippen molar-refractivity contribution in [2.45, 2.75) is 16.9 Å². The van der Waals surface area contributed by atoms with Crippen LogP contribution in [0.4, 0.5) is 5.69 Å². The van der Waals surface area contributed by atoms with Crippen molar-refractivity contribution < 1.29 is 4.79 Å². The van der Waals surface area contributed by atoms with Gasteiger partial charge in [0.25, 0.3) is 5.91 Å². The molecule has 0 saturated heterocycles. The summed E-state index contributed by atoms with van der Waals surface area (Å²) in [6, 6.07) is 20.6. The smallest absolute Gasteiger partial charge is 0.253 e. The van der Waals surface area contributed by atoms with Crippen LogP contribution in [-0.4, -0.2) is 21.0 Å². The van der Waals surface area contributed by atoms with Crippen LogP contribution in [0.15, 0.2) is 66.7 Å². The van der Waals surface area contributed by atoms with E-state index in [-0.39, 0.29) is 11.0 Å². The van der Waals surface area contributed by atoms with Crippen molar-refractivity contribution in [2.75, 3.05) is 5.32 Å². The molecule has 3 aromatic rings. The topological polar surface area (TPSA) is 53.2 Å². The molecular weight excluding hydrogens is 449 g/mol. The van der Waals surface area contributed by atoms with Crippen LogP contribution >= 0.6 is 47.0 Å². The molecule has 3 N–H and O–H groups in total. The monoisotopic (exact) mass is 465 g/mol. The van der Waals surface area contributed by atoms with Crippen molar-refractivity contribution >= 4 is 74.5 Å². The molecule has 0 bridgehead atoms. The quantitative estimate of drug-likeness (QED) is 0.268. The Morgan fingerprint density at radius 3 is 2.31 bits per heavy atom. The number of halogens is 3. The third-order valence-electron chi connectivity index (χ3n) is 4.31. The van der Waals surface area contributed by atoms with Gasteiger partial charge in [0.1, 0.15) is 6.17 Å². The average Bonchev–Trinajstić information content (AvgIpc) is 2.68. The number of anilines is 1. The highest BCUT2D eigenvalue weighted by atomic mass is 35.6. The van der Waals surface area contributed by atoms with Crippen LogP contribution in [0.5, 0.6) is 0 Å². The summed E-state index contributed by atoms with van der Waals surface area (Å²) in [6.07, 6.45) is -1.05. The number of alkyl halides is 3. The maximum absolute atomic E-state index is 12.9. The molecule has 0 aliphatic carbocycles. The molecule has 4 nitrogen and oxygen atoms in total. The molecule has 0 aliphatic rings. The highest BCUT2D eigenvalue weighted by Crippen LogP contribution is 2.30. The zero-order chi connectivity index (χ0) is 21.0. The second kappa shape index (κ2) is 9.18. The first-order valence-electron chi connectivity index (χ1n) is 8.74. The molecule has 3 rings (SSSR count). The van der Waals surface area contributed by atoms with Crippen LogP contribution < -0.4 is 16.0 Å². The number of para-hydroxylation sites is 1. The summed E-state index contributed by atoms with van der Waals surface area (Å²) in [5.74, 6) is -0.385. The first-order chi connectivity index (χ1) is 13.8. The van der Waals surface area contributed by atoms with Gasteiger partial charge in [-0.3, -0.25) is 4.79 Å². The Morgan fingerprint density at radius 1 is 0.931 bits per heavy atom. The number of nitrogens with one attached hydrogen (secondary N) is 3. The van der Waals surface area contributed by atoms with E-state index in [2.05, 4.69) is 16.0 Å². The van der Waals surface area contributed by atoms with Crippen LogP contribution in [-0.2, 0) is 0 Å². The predicted octanol–water partition coefficient (Wildman–Crippen LogP) is 5.56. The van der Waals surface area contributed by atoms with Crippen LogP contribution in [0, 0.1) is 6.92 Å². The Labute approximate surface area is 189 Å². The van der Waals surface area contributed by atoms with Gasteiger partial charge in [0.2, 0.25) is 3.79 Å². The van der Waals surface area contributed by atoms with E-state index >= 15 is 0 Å². The van der Waals surface area contributed by atoms with E-state index in [1.165, 1.54) is 0 Å². The molecule has 0 aliphatic heterocycles. The summed E-state index contributed by atoms with van der Waals surface area (Å²) in [7, 11) is 0. The molecule has 0 spiro atoms. The average molecular weight is 467 g/mol. The van der Waals surface area contributed by atoms with Gasteiger partial charge in [0.15, 0.2) is 5.11 Å². The summed E-state index contributed by atoms with van der Waals surface area (Å²) >= 11 is 23.6. The number of rotatable bonds is 4. The lowest BCUT2D eigenvalue weighted by Gasteiger charge is -2.28. The Bertz CT molecular complexity index is 1050. The van der Waals surface area contributed by atoms with E-state index in [1.807, 2.05) is 61.5 Å². The third kappa shape index (κ3) is 5.52. The zero-order valence-electron chi connectivity index (χ0n) is 15.4. The van der Waals surface area contributed by atoms with E-state index in [0.717, 1.165) is 22.0 Å². The van der Waals surface area contributed by atoms with Crippen LogP contribution in [0.1, 0.15) is 15.9 Å². The Morgan fingerprint density at radius 2 is 1.59 bits per heavy atom. The fourth-order valence-corrected chi connectivity index (χ4v) is 3.39. The number of aryl methyl sites for hydroxylation is 1. The number of hydrogen-bond acceptors (Lipinski definition) is 2. The summed E-state index contributed by atoms with van der Waals surface area (Å²) in [6.45, 7) is 1.94. The lowest BCUT2D eigenvalue weighted by molar-refractivity contribution is 0.0936. The molecule has 0 heterocycles. The first kappa shape index (κ1) is 21.7. The van der Waals surface area contributed by atoms with E-state index in [9.17, 15) is 4.79 Å². The van der Waals surface area contributed by atoms with Gasteiger partial charge in [0, 0.05) is 11.3 Å². The van der Waals surface area contributed by atoms with Gasteiger partial charge in [-0.1, -0.05) is 89.4 Å². The first-order valence-corrected chi connectivity index (χ1v) is 10.3. The molecule has 150 valence electrons. The van der Waals surface area contributed by atoms with Gasteiger partial charge in [-0.25, -0.2) is 0 Å². The molecule has 8 heteroatoms. The normalized spacial score (nSPS) is 12.3. The Hall–Kier alpha value is -2.05. The number of thiocarbonyl (C=S) groups is 1. The van der Waals surface area contributed by atoms with Gasteiger partial charge < -0.3 is 16.0 Å². The lowest BCUT2D eigenvalue weighted by atomic mass is 10.0. The minimum atomic E-state index is -1.84. The van der Waals surface area contributed by atoms with Crippen molar-refractivity contribution in [3.8, 4) is 0 Å². The minimum Gasteiger partial charge on any atom is -0.339 e. The number of carbonyl (C=O) groups excluding carboxylic acids is 1. The van der Waals surface area contributed by atoms with Gasteiger partial charge in [0.05, 0.1) is 0 Å². The van der Waals surface area contributed by atoms with E-state index in [1.54, 1.807) is 12.1 Å². The molecule has 1 amide bonds. The summed E-state index contributed by atoms with van der Waals surface area (Å²) in [5, 5.41) is 10.6. The second-order valence-electron chi connectivity index (χ2n) is 6.39. The van der Waals surface area contributed by atoms with Crippen molar-refractivity contribution in [1.29, 1.82) is 0 Å². The largest absolute Gasteiger partial charge is 0.339 e. The van der Waals surface area contributed by atoms with Crippen molar-refractivity contribution in [2.24, 2.45) is 0 Å². The fourth-order valence-electron chi connectivity index (χ4n) is 2.83. The van der Waals surface area contributed by atoms with Crippen LogP contribution in [0.25, 0.3) is 10.8 Å².